The molecule has 1 aromatic heterocycles. The van der Waals surface area contributed by atoms with Crippen LogP contribution in [0.1, 0.15) is 19.3 Å². The summed E-state index contributed by atoms with van der Waals surface area (Å²) in [5, 5.41) is 9.45. The van der Waals surface area contributed by atoms with Crippen molar-refractivity contribution < 1.29 is 5.11 Å². The van der Waals surface area contributed by atoms with E-state index in [1.165, 1.54) is 6.42 Å². The number of rotatable bonds is 2. The summed E-state index contributed by atoms with van der Waals surface area (Å²) in [6.07, 6.45) is 5.19. The van der Waals surface area contributed by atoms with Crippen LogP contribution < -0.4 is 4.90 Å². The minimum Gasteiger partial charge on any atom is -0.394 e. The molecule has 1 N–H and O–H groups in total. The van der Waals surface area contributed by atoms with Crippen LogP contribution in [0.5, 0.6) is 0 Å². The first-order chi connectivity index (χ1) is 8.88. The van der Waals surface area contributed by atoms with Gasteiger partial charge in [-0.3, -0.25) is 4.98 Å². The van der Waals surface area contributed by atoms with Crippen LogP contribution >= 0.6 is 0 Å². The first-order valence-electron chi connectivity index (χ1n) is 6.48. The predicted octanol–water partition coefficient (Wildman–Crippen LogP) is 1.98. The second-order valence-electron chi connectivity index (χ2n) is 4.74. The van der Waals surface area contributed by atoms with Crippen molar-refractivity contribution in [2.75, 3.05) is 18.1 Å². The van der Waals surface area contributed by atoms with E-state index >= 15 is 0 Å². The zero-order valence-corrected chi connectivity index (χ0v) is 10.3. The van der Waals surface area contributed by atoms with Crippen LogP contribution in [0.25, 0.3) is 11.0 Å². The fourth-order valence-corrected chi connectivity index (χ4v) is 2.58. The Morgan fingerprint density at radius 3 is 2.89 bits per heavy atom. The summed E-state index contributed by atoms with van der Waals surface area (Å²) in [5.74, 6) is 0.882. The molecule has 0 saturated carbocycles. The lowest BCUT2D eigenvalue weighted by Crippen LogP contribution is -2.42. The van der Waals surface area contributed by atoms with Gasteiger partial charge in [0.25, 0.3) is 0 Å². The largest absolute Gasteiger partial charge is 0.394 e. The Morgan fingerprint density at radius 2 is 2.06 bits per heavy atom. The Morgan fingerprint density at radius 1 is 1.22 bits per heavy atom. The summed E-state index contributed by atoms with van der Waals surface area (Å²) >= 11 is 0. The lowest BCUT2D eigenvalue weighted by atomic mass is 10.0. The highest BCUT2D eigenvalue weighted by molar-refractivity contribution is 5.75. The molecule has 3 rings (SSSR count). The highest BCUT2D eigenvalue weighted by Gasteiger charge is 2.23. The Labute approximate surface area is 106 Å². The maximum absolute atomic E-state index is 9.45. The molecular weight excluding hydrogens is 226 g/mol. The third kappa shape index (κ3) is 2.04. The average molecular weight is 243 g/mol. The predicted molar refractivity (Wildman–Crippen MR) is 71.6 cm³/mol. The summed E-state index contributed by atoms with van der Waals surface area (Å²) in [4.78, 5) is 11.3. The second kappa shape index (κ2) is 4.90. The van der Waals surface area contributed by atoms with Crippen molar-refractivity contribution in [2.24, 2.45) is 0 Å². The number of aliphatic hydroxyl groups excluding tert-OH is 1. The van der Waals surface area contributed by atoms with E-state index in [-0.39, 0.29) is 12.6 Å². The molecule has 0 spiro atoms. The maximum Gasteiger partial charge on any atom is 0.148 e. The number of benzene rings is 1. The molecule has 18 heavy (non-hydrogen) atoms. The van der Waals surface area contributed by atoms with Gasteiger partial charge in [0, 0.05) is 6.54 Å². The quantitative estimate of drug-likeness (QED) is 0.876. The normalized spacial score (nSPS) is 20.3. The molecule has 1 fully saturated rings. The Bertz CT molecular complexity index is 543. The topological polar surface area (TPSA) is 49.2 Å². The summed E-state index contributed by atoms with van der Waals surface area (Å²) in [6.45, 7) is 1.15. The number of para-hydroxylation sites is 2. The minimum absolute atomic E-state index is 0.189. The lowest BCUT2D eigenvalue weighted by molar-refractivity contribution is 0.239. The van der Waals surface area contributed by atoms with Crippen molar-refractivity contribution in [3.63, 3.8) is 0 Å². The number of nitrogens with zero attached hydrogens (tertiary/aromatic N) is 3. The average Bonchev–Trinajstić information content (AvgIpc) is 2.46. The van der Waals surface area contributed by atoms with Gasteiger partial charge in [0.2, 0.25) is 0 Å². The maximum atomic E-state index is 9.45. The molecule has 1 aliphatic rings. The number of anilines is 1. The van der Waals surface area contributed by atoms with Crippen LogP contribution in [0.15, 0.2) is 30.5 Å². The van der Waals surface area contributed by atoms with E-state index in [9.17, 15) is 5.11 Å². The summed E-state index contributed by atoms with van der Waals surface area (Å²) in [7, 11) is 0. The molecule has 2 heterocycles. The van der Waals surface area contributed by atoms with Crippen molar-refractivity contribution in [3.8, 4) is 0 Å². The van der Waals surface area contributed by atoms with Crippen LogP contribution in [0.4, 0.5) is 5.82 Å². The van der Waals surface area contributed by atoms with Gasteiger partial charge in [-0.1, -0.05) is 12.1 Å². The molecule has 4 heteroatoms. The van der Waals surface area contributed by atoms with Crippen molar-refractivity contribution in [1.29, 1.82) is 0 Å². The summed E-state index contributed by atoms with van der Waals surface area (Å²) < 4.78 is 0. The van der Waals surface area contributed by atoms with Crippen LogP contribution in [0, 0.1) is 0 Å². The van der Waals surface area contributed by atoms with E-state index in [0.717, 1.165) is 36.2 Å². The zero-order valence-electron chi connectivity index (χ0n) is 10.3. The second-order valence-corrected chi connectivity index (χ2v) is 4.74. The van der Waals surface area contributed by atoms with Gasteiger partial charge in [-0.15, -0.1) is 0 Å². The van der Waals surface area contributed by atoms with E-state index in [1.807, 2.05) is 30.5 Å². The molecule has 0 aliphatic carbocycles. The molecule has 2 aromatic rings. The Kier molecular flexibility index (Phi) is 3.11. The van der Waals surface area contributed by atoms with E-state index < -0.39 is 0 Å². The molecule has 0 radical (unpaired) electrons. The molecule has 1 aromatic carbocycles. The standard InChI is InChI=1S/C14H17N3O/c18-10-11-5-3-4-8-17(11)14-9-15-12-6-1-2-7-13(12)16-14/h1-2,6-7,9,11,18H,3-5,8,10H2. The van der Waals surface area contributed by atoms with Gasteiger partial charge in [0.15, 0.2) is 0 Å². The molecule has 1 saturated heterocycles. The zero-order chi connectivity index (χ0) is 12.4. The molecule has 4 nitrogen and oxygen atoms in total. The van der Waals surface area contributed by atoms with Crippen LogP contribution in [0.3, 0.4) is 0 Å². The Balaban J connectivity index is 1.97. The Hall–Kier alpha value is -1.68. The van der Waals surface area contributed by atoms with E-state index in [4.69, 9.17) is 0 Å². The molecule has 0 amide bonds. The van der Waals surface area contributed by atoms with Gasteiger partial charge in [-0.2, -0.15) is 0 Å². The number of piperidine rings is 1. The van der Waals surface area contributed by atoms with Crippen molar-refractivity contribution in [1.82, 2.24) is 9.97 Å². The van der Waals surface area contributed by atoms with Gasteiger partial charge in [0.05, 0.1) is 29.9 Å². The fraction of sp³-hybridized carbons (Fsp3) is 0.429. The number of hydrogen-bond acceptors (Lipinski definition) is 4. The monoisotopic (exact) mass is 243 g/mol. The van der Waals surface area contributed by atoms with Crippen molar-refractivity contribution in [3.05, 3.63) is 30.5 Å². The van der Waals surface area contributed by atoms with Gasteiger partial charge >= 0.3 is 0 Å². The first-order valence-corrected chi connectivity index (χ1v) is 6.48. The first kappa shape index (κ1) is 11.4. The molecule has 1 aliphatic heterocycles. The van der Waals surface area contributed by atoms with Gasteiger partial charge < -0.3 is 10.0 Å². The smallest absolute Gasteiger partial charge is 0.148 e. The lowest BCUT2D eigenvalue weighted by Gasteiger charge is -2.35. The van der Waals surface area contributed by atoms with Crippen LogP contribution in [-0.4, -0.2) is 34.3 Å². The molecule has 94 valence electrons. The van der Waals surface area contributed by atoms with Crippen LogP contribution in [-0.2, 0) is 0 Å². The highest BCUT2D eigenvalue weighted by atomic mass is 16.3. The molecule has 0 bridgehead atoms. The third-order valence-corrected chi connectivity index (χ3v) is 3.57. The number of fused-ring (bicyclic) bond motifs is 1. The number of aliphatic hydroxyl groups is 1. The SMILES string of the molecule is OCC1CCCCN1c1cnc2ccccc2n1. The number of hydrogen-bond donors (Lipinski definition) is 1. The van der Waals surface area contributed by atoms with E-state index in [0.29, 0.717) is 0 Å². The van der Waals surface area contributed by atoms with E-state index in [1.54, 1.807) is 0 Å². The third-order valence-electron chi connectivity index (χ3n) is 3.57. The van der Waals surface area contributed by atoms with Crippen molar-refractivity contribution >= 4 is 16.9 Å². The van der Waals surface area contributed by atoms with Crippen molar-refractivity contribution in [2.45, 2.75) is 25.3 Å². The number of aromatic nitrogens is 2. The minimum atomic E-state index is 0.189. The van der Waals surface area contributed by atoms with Gasteiger partial charge in [-0.05, 0) is 31.4 Å². The van der Waals surface area contributed by atoms with Gasteiger partial charge in [-0.25, -0.2) is 4.98 Å². The summed E-state index contributed by atoms with van der Waals surface area (Å²) in [5.41, 5.74) is 1.83. The van der Waals surface area contributed by atoms with Gasteiger partial charge in [0.1, 0.15) is 5.82 Å². The van der Waals surface area contributed by atoms with Crippen LogP contribution in [0.2, 0.25) is 0 Å². The molecular formula is C14H17N3O. The molecule has 1 unspecified atom stereocenters. The highest BCUT2D eigenvalue weighted by Crippen LogP contribution is 2.23. The fourth-order valence-electron chi connectivity index (χ4n) is 2.58. The summed E-state index contributed by atoms with van der Waals surface area (Å²) in [6, 6.07) is 8.07. The van der Waals surface area contributed by atoms with E-state index in [2.05, 4.69) is 14.9 Å². The molecule has 1 atom stereocenters.